The number of carbonyl (C=O) groups is 1. The van der Waals surface area contributed by atoms with Gasteiger partial charge in [-0.15, -0.1) is 0 Å². The molecule has 11 heteroatoms. The average Bonchev–Trinajstić information content (AvgIpc) is 3.11. The fourth-order valence-electron chi connectivity index (χ4n) is 3.03. The van der Waals surface area contributed by atoms with E-state index in [1.54, 1.807) is 32.0 Å². The fraction of sp³-hybridized carbons (Fsp3) is 0.273. The van der Waals surface area contributed by atoms with Gasteiger partial charge < -0.3 is 9.26 Å². The van der Waals surface area contributed by atoms with E-state index in [4.69, 9.17) is 25.4 Å². The molecule has 1 atom stereocenters. The first-order chi connectivity index (χ1) is 15.6. The molecule has 0 aliphatic rings. The van der Waals surface area contributed by atoms with Gasteiger partial charge in [-0.3, -0.25) is 9.87 Å². The third-order valence-corrected chi connectivity index (χ3v) is 7.01. The van der Waals surface area contributed by atoms with Crippen LogP contribution in [0, 0.1) is 6.92 Å². The van der Waals surface area contributed by atoms with E-state index in [2.05, 4.69) is 10.5 Å². The predicted octanol–water partition coefficient (Wildman–Crippen LogP) is 5.73. The summed E-state index contributed by atoms with van der Waals surface area (Å²) in [6, 6.07) is 14.5. The molecule has 2 N–H and O–H groups in total. The van der Waals surface area contributed by atoms with Crippen molar-refractivity contribution in [2.45, 2.75) is 25.7 Å². The number of hydrogen-bond donors (Lipinski definition) is 2. The van der Waals surface area contributed by atoms with Gasteiger partial charge in [0.05, 0.1) is 5.75 Å². The second kappa shape index (κ2) is 11.1. The number of aryl methyl sites for hydroxylation is 1. The summed E-state index contributed by atoms with van der Waals surface area (Å²) in [5.74, 6) is 0.879. The summed E-state index contributed by atoms with van der Waals surface area (Å²) in [6.07, 6.45) is -1.24. The molecule has 0 aliphatic heterocycles. The molecule has 0 fully saturated rings. The lowest BCUT2D eigenvalue weighted by Gasteiger charge is -2.15. The molecule has 1 amide bonds. The summed E-state index contributed by atoms with van der Waals surface area (Å²) in [5.41, 5.74) is 3.18. The monoisotopic (exact) mass is 510 g/mol. The Morgan fingerprint density at radius 3 is 2.76 bits per heavy atom. The van der Waals surface area contributed by atoms with Crippen LogP contribution in [-0.2, 0) is 20.6 Å². The van der Waals surface area contributed by atoms with Crippen LogP contribution in [-0.4, -0.2) is 35.7 Å². The summed E-state index contributed by atoms with van der Waals surface area (Å²) in [6.45, 7) is 3.43. The zero-order valence-corrected chi connectivity index (χ0v) is 20.3. The number of anilines is 1. The zero-order chi connectivity index (χ0) is 24.0. The Morgan fingerprint density at radius 2 is 2.03 bits per heavy atom. The topological polar surface area (TPSA) is 119 Å². The van der Waals surface area contributed by atoms with Crippen LogP contribution in [0.1, 0.15) is 29.8 Å². The Balaban J connectivity index is 1.69. The number of ether oxygens (including phenoxy) is 1. The molecule has 0 radical (unpaired) electrons. The van der Waals surface area contributed by atoms with Gasteiger partial charge in [0.15, 0.2) is 5.76 Å². The molecule has 3 rings (SSSR count). The van der Waals surface area contributed by atoms with Crippen molar-refractivity contribution in [1.29, 1.82) is 0 Å². The second-order valence-electron chi connectivity index (χ2n) is 7.21. The lowest BCUT2D eigenvalue weighted by Crippen LogP contribution is -2.17. The van der Waals surface area contributed by atoms with E-state index in [1.165, 1.54) is 11.8 Å². The molecule has 1 heterocycles. The summed E-state index contributed by atoms with van der Waals surface area (Å²) in [5, 5.41) is 7.17. The third-order valence-electron chi connectivity index (χ3n) is 4.66. The maximum atomic E-state index is 12.5. The van der Waals surface area contributed by atoms with Gasteiger partial charge in [-0.2, -0.15) is 20.2 Å². The molecule has 33 heavy (non-hydrogen) atoms. The number of amides is 1. The van der Waals surface area contributed by atoms with Gasteiger partial charge in [0.1, 0.15) is 17.5 Å². The first kappa shape index (κ1) is 25.1. The van der Waals surface area contributed by atoms with E-state index < -0.39 is 22.3 Å². The van der Waals surface area contributed by atoms with Gasteiger partial charge in [-0.1, -0.05) is 53.2 Å². The highest BCUT2D eigenvalue weighted by Gasteiger charge is 2.21. The van der Waals surface area contributed by atoms with E-state index in [0.29, 0.717) is 39.0 Å². The molecule has 176 valence electrons. The molecule has 8 nitrogen and oxygen atoms in total. The number of nitrogens with one attached hydrogen (secondary N) is 1. The van der Waals surface area contributed by atoms with Gasteiger partial charge in [-0.25, -0.2) is 4.79 Å². The van der Waals surface area contributed by atoms with Crippen molar-refractivity contribution in [1.82, 2.24) is 5.16 Å². The normalized spacial score (nSPS) is 12.4. The molecule has 2 aromatic carbocycles. The van der Waals surface area contributed by atoms with Gasteiger partial charge in [0.25, 0.3) is 10.1 Å². The predicted molar refractivity (Wildman–Crippen MR) is 129 cm³/mol. The lowest BCUT2D eigenvalue weighted by molar-refractivity contribution is 0.121. The van der Waals surface area contributed by atoms with Crippen LogP contribution in [0.4, 0.5) is 10.5 Å². The van der Waals surface area contributed by atoms with Crippen molar-refractivity contribution >= 4 is 45.3 Å². The molecular weight excluding hydrogens is 488 g/mol. The summed E-state index contributed by atoms with van der Waals surface area (Å²) < 4.78 is 41.5. The highest BCUT2D eigenvalue weighted by Crippen LogP contribution is 2.33. The Kier molecular flexibility index (Phi) is 8.41. The maximum absolute atomic E-state index is 12.5. The largest absolute Gasteiger partial charge is 0.441 e. The maximum Gasteiger partial charge on any atom is 0.412 e. The van der Waals surface area contributed by atoms with Crippen molar-refractivity contribution in [2.75, 3.05) is 16.8 Å². The van der Waals surface area contributed by atoms with E-state index in [-0.39, 0.29) is 11.5 Å². The summed E-state index contributed by atoms with van der Waals surface area (Å²) >= 11 is 7.55. The molecular formula is C22H23ClN2O6S2. The second-order valence-corrected chi connectivity index (χ2v) is 10.3. The minimum absolute atomic E-state index is 0.271. The van der Waals surface area contributed by atoms with E-state index in [1.807, 2.05) is 30.3 Å². The van der Waals surface area contributed by atoms with Crippen LogP contribution in [0.2, 0.25) is 5.02 Å². The van der Waals surface area contributed by atoms with E-state index in [0.717, 1.165) is 5.56 Å². The number of nitrogens with zero attached hydrogens (tertiary/aromatic N) is 1. The van der Waals surface area contributed by atoms with Crippen LogP contribution < -0.4 is 5.32 Å². The number of hydrogen-bond acceptors (Lipinski definition) is 7. The van der Waals surface area contributed by atoms with Crippen LogP contribution in [0.25, 0.3) is 11.3 Å². The number of thioether (sulfide) groups is 1. The summed E-state index contributed by atoms with van der Waals surface area (Å²) in [7, 11) is -3.98. The molecule has 0 aliphatic carbocycles. The first-order valence-electron chi connectivity index (χ1n) is 9.94. The minimum atomic E-state index is -3.98. The van der Waals surface area contributed by atoms with Gasteiger partial charge in [0, 0.05) is 27.7 Å². The van der Waals surface area contributed by atoms with Gasteiger partial charge in [0.2, 0.25) is 0 Å². The van der Waals surface area contributed by atoms with Gasteiger partial charge >= 0.3 is 6.09 Å². The highest BCUT2D eigenvalue weighted by molar-refractivity contribution is 7.99. The van der Waals surface area contributed by atoms with Crippen molar-refractivity contribution < 1.29 is 27.0 Å². The molecule has 3 aromatic rings. The van der Waals surface area contributed by atoms with E-state index >= 15 is 0 Å². The number of carbonyl (C=O) groups excluding carboxylic acids is 1. The quantitative estimate of drug-likeness (QED) is 0.276. The Bertz CT molecular complexity index is 1230. The van der Waals surface area contributed by atoms with Crippen molar-refractivity contribution in [3.63, 3.8) is 0 Å². The highest BCUT2D eigenvalue weighted by atomic mass is 35.5. The first-order valence-corrected chi connectivity index (χ1v) is 13.1. The Labute approximate surface area is 201 Å². The van der Waals surface area contributed by atoms with Crippen molar-refractivity contribution in [2.24, 2.45) is 0 Å². The van der Waals surface area contributed by atoms with Crippen LogP contribution in [0.3, 0.4) is 0 Å². The molecule has 0 bridgehead atoms. The van der Waals surface area contributed by atoms with Crippen molar-refractivity contribution in [3.05, 3.63) is 70.4 Å². The minimum Gasteiger partial charge on any atom is -0.441 e. The molecule has 0 saturated heterocycles. The number of rotatable bonds is 9. The average molecular weight is 511 g/mol. The molecule has 1 aromatic heterocycles. The number of halogens is 1. The van der Waals surface area contributed by atoms with Gasteiger partial charge in [-0.05, 0) is 31.5 Å². The standard InChI is InChI=1S/C22H23ClN2O6S2/c1-14-20(24-22(26)30-15(2)18-8-3-4-9-19(18)23)21(31-25-14)17-7-5-6-16(12-17)13-32-10-11-33(27,28)29/h3-9,12,15H,10-11,13H2,1-2H3,(H,24,26)(H,27,28,29). The smallest absolute Gasteiger partial charge is 0.412 e. The van der Waals surface area contributed by atoms with E-state index in [9.17, 15) is 13.2 Å². The van der Waals surface area contributed by atoms with Crippen LogP contribution in [0.15, 0.2) is 53.1 Å². The molecule has 0 saturated carbocycles. The fourth-order valence-corrected chi connectivity index (χ4v) is 5.19. The Morgan fingerprint density at radius 1 is 1.27 bits per heavy atom. The third kappa shape index (κ3) is 7.23. The van der Waals surface area contributed by atoms with Crippen LogP contribution in [0.5, 0.6) is 0 Å². The lowest BCUT2D eigenvalue weighted by atomic mass is 10.1. The Hall–Kier alpha value is -2.53. The van der Waals surface area contributed by atoms with Crippen LogP contribution >= 0.6 is 23.4 Å². The summed E-state index contributed by atoms with van der Waals surface area (Å²) in [4.78, 5) is 12.5. The van der Waals surface area contributed by atoms with Crippen molar-refractivity contribution in [3.8, 4) is 11.3 Å². The molecule has 1 unspecified atom stereocenters. The zero-order valence-electron chi connectivity index (χ0n) is 17.9. The number of aromatic nitrogens is 1. The number of benzene rings is 2. The molecule has 0 spiro atoms. The SMILES string of the molecule is Cc1noc(-c2cccc(CSCCS(=O)(=O)O)c2)c1NC(=O)OC(C)c1ccccc1Cl.